The monoisotopic (exact) mass is 530 g/mol. The molecule has 3 rings (SSSR count). The van der Waals surface area contributed by atoms with Crippen molar-refractivity contribution in [3.63, 3.8) is 0 Å². The Balaban J connectivity index is 1.91. The van der Waals surface area contributed by atoms with Gasteiger partial charge in [-0.05, 0) is 53.4 Å². The first kappa shape index (κ1) is 27.5. The van der Waals surface area contributed by atoms with E-state index in [0.29, 0.717) is 34.3 Å². The van der Waals surface area contributed by atoms with Gasteiger partial charge in [-0.2, -0.15) is 0 Å². The summed E-state index contributed by atoms with van der Waals surface area (Å²) in [5, 5.41) is 3.71. The maximum absolute atomic E-state index is 13.5. The zero-order chi connectivity index (χ0) is 26.1. The van der Waals surface area contributed by atoms with Crippen LogP contribution in [0.15, 0.2) is 72.8 Å². The lowest BCUT2D eigenvalue weighted by molar-refractivity contribution is -0.142. The van der Waals surface area contributed by atoms with E-state index < -0.39 is 17.8 Å². The van der Waals surface area contributed by atoms with Crippen LogP contribution in [-0.2, 0) is 22.6 Å². The highest BCUT2D eigenvalue weighted by molar-refractivity contribution is 6.42. The number of hydrogen-bond acceptors (Lipinski definition) is 3. The van der Waals surface area contributed by atoms with Crippen LogP contribution in [0, 0.1) is 11.7 Å². The van der Waals surface area contributed by atoms with E-state index >= 15 is 0 Å². The SMILES string of the molecule is CC(C)CNC(=O)[C@@H](Cc1ccccc1)N(Cc1ccc(Cl)c(Cl)c1)C(=O)COc1ccc(F)cc1. The van der Waals surface area contributed by atoms with Crippen LogP contribution in [0.2, 0.25) is 10.0 Å². The summed E-state index contributed by atoms with van der Waals surface area (Å²) in [4.78, 5) is 28.4. The third-order valence-corrected chi connectivity index (χ3v) is 6.21. The summed E-state index contributed by atoms with van der Waals surface area (Å²) in [6, 6.07) is 19.2. The third-order valence-electron chi connectivity index (χ3n) is 5.47. The average Bonchev–Trinajstić information content (AvgIpc) is 2.86. The summed E-state index contributed by atoms with van der Waals surface area (Å²) in [7, 11) is 0. The third kappa shape index (κ3) is 8.25. The number of nitrogens with one attached hydrogen (secondary N) is 1. The fourth-order valence-corrected chi connectivity index (χ4v) is 3.89. The van der Waals surface area contributed by atoms with Crippen molar-refractivity contribution < 1.29 is 18.7 Å². The van der Waals surface area contributed by atoms with E-state index in [9.17, 15) is 14.0 Å². The minimum Gasteiger partial charge on any atom is -0.484 e. The number of carbonyl (C=O) groups is 2. The minimum absolute atomic E-state index is 0.120. The molecule has 0 radical (unpaired) electrons. The van der Waals surface area contributed by atoms with Crippen LogP contribution in [-0.4, -0.2) is 35.9 Å². The van der Waals surface area contributed by atoms with Crippen molar-refractivity contribution >= 4 is 35.0 Å². The topological polar surface area (TPSA) is 58.6 Å². The van der Waals surface area contributed by atoms with Crippen LogP contribution in [0.1, 0.15) is 25.0 Å². The first-order valence-corrected chi connectivity index (χ1v) is 12.4. The van der Waals surface area contributed by atoms with Crippen molar-refractivity contribution in [1.82, 2.24) is 10.2 Å². The Morgan fingerprint density at radius 1 is 0.944 bits per heavy atom. The lowest BCUT2D eigenvalue weighted by Crippen LogP contribution is -2.52. The van der Waals surface area contributed by atoms with Crippen LogP contribution >= 0.6 is 23.2 Å². The van der Waals surface area contributed by atoms with Gasteiger partial charge in [-0.3, -0.25) is 9.59 Å². The Morgan fingerprint density at radius 3 is 2.28 bits per heavy atom. The Kier molecular flexibility index (Phi) is 10.1. The van der Waals surface area contributed by atoms with Crippen LogP contribution in [0.25, 0.3) is 0 Å². The normalized spacial score (nSPS) is 11.7. The molecule has 0 saturated heterocycles. The highest BCUT2D eigenvalue weighted by atomic mass is 35.5. The van der Waals surface area contributed by atoms with Gasteiger partial charge in [-0.25, -0.2) is 4.39 Å². The molecule has 0 aromatic heterocycles. The number of halogens is 3. The molecule has 0 heterocycles. The highest BCUT2D eigenvalue weighted by Gasteiger charge is 2.31. The molecule has 0 unspecified atom stereocenters. The predicted molar refractivity (Wildman–Crippen MR) is 141 cm³/mol. The van der Waals surface area contributed by atoms with Gasteiger partial charge in [0.05, 0.1) is 10.0 Å². The van der Waals surface area contributed by atoms with E-state index in [4.69, 9.17) is 27.9 Å². The zero-order valence-corrected chi connectivity index (χ0v) is 21.7. The molecule has 36 heavy (non-hydrogen) atoms. The Labute approximate surface area is 221 Å². The maximum atomic E-state index is 13.5. The predicted octanol–water partition coefficient (Wildman–Crippen LogP) is 5.92. The number of nitrogens with zero attached hydrogens (tertiary/aromatic N) is 1. The Morgan fingerprint density at radius 2 is 1.64 bits per heavy atom. The van der Waals surface area contributed by atoms with Crippen molar-refractivity contribution in [2.45, 2.75) is 32.9 Å². The molecular weight excluding hydrogens is 502 g/mol. The van der Waals surface area contributed by atoms with Crippen LogP contribution in [0.3, 0.4) is 0 Å². The van der Waals surface area contributed by atoms with E-state index in [-0.39, 0.29) is 25.0 Å². The van der Waals surface area contributed by atoms with Crippen molar-refractivity contribution in [2.24, 2.45) is 5.92 Å². The lowest BCUT2D eigenvalue weighted by atomic mass is 10.0. The summed E-state index contributed by atoms with van der Waals surface area (Å²) in [5.74, 6) is -0.469. The van der Waals surface area contributed by atoms with Gasteiger partial charge in [-0.15, -0.1) is 0 Å². The van der Waals surface area contributed by atoms with Gasteiger partial charge in [0.25, 0.3) is 5.91 Å². The van der Waals surface area contributed by atoms with Crippen molar-refractivity contribution in [3.8, 4) is 5.75 Å². The highest BCUT2D eigenvalue weighted by Crippen LogP contribution is 2.24. The van der Waals surface area contributed by atoms with Crippen molar-refractivity contribution in [3.05, 3.63) is 99.8 Å². The second-order valence-electron chi connectivity index (χ2n) is 8.86. The van der Waals surface area contributed by atoms with E-state index in [1.54, 1.807) is 18.2 Å². The quantitative estimate of drug-likeness (QED) is 0.334. The van der Waals surface area contributed by atoms with Gasteiger partial charge in [-0.1, -0.05) is 73.4 Å². The van der Waals surface area contributed by atoms with E-state index in [1.807, 2.05) is 44.2 Å². The number of hydrogen-bond donors (Lipinski definition) is 1. The van der Waals surface area contributed by atoms with Gasteiger partial charge < -0.3 is 15.0 Å². The second-order valence-corrected chi connectivity index (χ2v) is 9.67. The van der Waals surface area contributed by atoms with Gasteiger partial charge in [0, 0.05) is 19.5 Å². The van der Waals surface area contributed by atoms with E-state index in [0.717, 1.165) is 5.56 Å². The molecule has 3 aromatic rings. The number of ether oxygens (including phenoxy) is 1. The fraction of sp³-hybridized carbons (Fsp3) is 0.286. The number of amides is 2. The van der Waals surface area contributed by atoms with Gasteiger partial charge in [0.15, 0.2) is 6.61 Å². The Bertz CT molecular complexity index is 1160. The molecule has 0 aliphatic rings. The summed E-state index contributed by atoms with van der Waals surface area (Å²) in [6.45, 7) is 4.28. The molecule has 3 aromatic carbocycles. The number of carbonyl (C=O) groups excluding carboxylic acids is 2. The molecule has 8 heteroatoms. The first-order chi connectivity index (χ1) is 17.2. The maximum Gasteiger partial charge on any atom is 0.261 e. The van der Waals surface area contributed by atoms with Gasteiger partial charge in [0.2, 0.25) is 5.91 Å². The molecule has 0 aliphatic heterocycles. The average molecular weight is 531 g/mol. The molecule has 5 nitrogen and oxygen atoms in total. The molecule has 2 amide bonds. The molecule has 1 N–H and O–H groups in total. The first-order valence-electron chi connectivity index (χ1n) is 11.7. The minimum atomic E-state index is -0.801. The van der Waals surface area contributed by atoms with Crippen molar-refractivity contribution in [1.29, 1.82) is 0 Å². The molecule has 0 spiro atoms. The Hall–Kier alpha value is -3.09. The van der Waals surface area contributed by atoms with Crippen LogP contribution in [0.4, 0.5) is 4.39 Å². The standard InChI is InChI=1S/C28H29Cl2FN2O3/c1-19(2)16-32-28(35)26(15-20-6-4-3-5-7-20)33(17-21-8-13-24(29)25(30)14-21)27(34)18-36-23-11-9-22(31)10-12-23/h3-14,19,26H,15-18H2,1-2H3,(H,32,35)/t26-/m1/s1. The zero-order valence-electron chi connectivity index (χ0n) is 20.2. The molecule has 190 valence electrons. The molecular formula is C28H29Cl2FN2O3. The molecule has 0 bridgehead atoms. The number of rotatable bonds is 11. The van der Waals surface area contributed by atoms with E-state index in [2.05, 4.69) is 5.32 Å². The smallest absolute Gasteiger partial charge is 0.261 e. The molecule has 1 atom stereocenters. The summed E-state index contributed by atoms with van der Waals surface area (Å²) >= 11 is 12.3. The second kappa shape index (κ2) is 13.3. The summed E-state index contributed by atoms with van der Waals surface area (Å²) < 4.78 is 18.9. The van der Waals surface area contributed by atoms with Crippen LogP contribution < -0.4 is 10.1 Å². The molecule has 0 aliphatic carbocycles. The lowest BCUT2D eigenvalue weighted by Gasteiger charge is -2.31. The van der Waals surface area contributed by atoms with E-state index in [1.165, 1.54) is 29.2 Å². The molecule has 0 saturated carbocycles. The largest absolute Gasteiger partial charge is 0.484 e. The van der Waals surface area contributed by atoms with Gasteiger partial charge in [0.1, 0.15) is 17.6 Å². The number of benzene rings is 3. The van der Waals surface area contributed by atoms with Crippen LogP contribution in [0.5, 0.6) is 5.75 Å². The molecule has 0 fully saturated rings. The van der Waals surface area contributed by atoms with Gasteiger partial charge >= 0.3 is 0 Å². The fourth-order valence-electron chi connectivity index (χ4n) is 3.57. The van der Waals surface area contributed by atoms with Crippen molar-refractivity contribution in [2.75, 3.05) is 13.2 Å². The summed E-state index contributed by atoms with van der Waals surface area (Å²) in [6.07, 6.45) is 0.314. The summed E-state index contributed by atoms with van der Waals surface area (Å²) in [5.41, 5.74) is 1.63.